The fraction of sp³-hybridized carbons (Fsp3) is 0.421. The van der Waals surface area contributed by atoms with Crippen LogP contribution < -0.4 is 0 Å². The highest BCUT2D eigenvalue weighted by Gasteiger charge is 2.42. The van der Waals surface area contributed by atoms with Crippen molar-refractivity contribution in [2.45, 2.75) is 42.4 Å². The van der Waals surface area contributed by atoms with Gasteiger partial charge in [0.15, 0.2) is 5.65 Å². The molecule has 27 heavy (non-hydrogen) atoms. The molecule has 1 aliphatic rings. The molecule has 0 amide bonds. The molecule has 4 atom stereocenters. The van der Waals surface area contributed by atoms with Gasteiger partial charge < -0.3 is 19.9 Å². The number of aliphatic hydroxyl groups is 3. The smallest absolute Gasteiger partial charge is 0.164 e. The first-order valence-corrected chi connectivity index (χ1v) is 9.90. The lowest BCUT2D eigenvalue weighted by atomic mass is 10.1. The van der Waals surface area contributed by atoms with Gasteiger partial charge in [-0.05, 0) is 18.9 Å². The van der Waals surface area contributed by atoms with Gasteiger partial charge in [0.2, 0.25) is 0 Å². The van der Waals surface area contributed by atoms with Crippen molar-refractivity contribution < 1.29 is 15.3 Å². The number of imidazole rings is 1. The van der Waals surface area contributed by atoms with Crippen molar-refractivity contribution in [3.8, 4) is 0 Å². The molecule has 1 aliphatic carbocycles. The van der Waals surface area contributed by atoms with Gasteiger partial charge >= 0.3 is 0 Å². The molecular formula is C19H22N4O3S. The zero-order valence-corrected chi connectivity index (χ0v) is 15.8. The van der Waals surface area contributed by atoms with Crippen LogP contribution in [0.2, 0.25) is 0 Å². The number of aromatic nitrogens is 4. The largest absolute Gasteiger partial charge is 0.396 e. The number of rotatable bonds is 5. The lowest BCUT2D eigenvalue weighted by Crippen LogP contribution is -2.30. The van der Waals surface area contributed by atoms with Crippen molar-refractivity contribution in [2.24, 2.45) is 5.92 Å². The van der Waals surface area contributed by atoms with Crippen molar-refractivity contribution >= 4 is 22.9 Å². The van der Waals surface area contributed by atoms with Crippen LogP contribution in [0.3, 0.4) is 0 Å². The maximum atomic E-state index is 10.4. The van der Waals surface area contributed by atoms with Gasteiger partial charge in [0, 0.05) is 18.3 Å². The van der Waals surface area contributed by atoms with Crippen molar-refractivity contribution in [3.63, 3.8) is 0 Å². The average Bonchev–Trinajstić information content (AvgIpc) is 3.22. The van der Waals surface area contributed by atoms with Gasteiger partial charge in [-0.25, -0.2) is 15.0 Å². The molecule has 3 N–H and O–H groups in total. The van der Waals surface area contributed by atoms with E-state index in [1.807, 2.05) is 6.07 Å². The molecule has 8 heteroatoms. The molecule has 2 heterocycles. The van der Waals surface area contributed by atoms with E-state index < -0.39 is 12.2 Å². The first kappa shape index (κ1) is 18.4. The van der Waals surface area contributed by atoms with Crippen LogP contribution in [0.5, 0.6) is 0 Å². The normalized spacial score (nSPS) is 25.3. The summed E-state index contributed by atoms with van der Waals surface area (Å²) >= 11 is 1.60. The van der Waals surface area contributed by atoms with Crippen LogP contribution in [0.25, 0.3) is 11.2 Å². The molecule has 0 unspecified atom stereocenters. The number of nitrogens with zero attached hydrogens (tertiary/aromatic N) is 4. The van der Waals surface area contributed by atoms with Gasteiger partial charge in [-0.2, -0.15) is 0 Å². The van der Waals surface area contributed by atoms with E-state index in [0.29, 0.717) is 17.6 Å². The van der Waals surface area contributed by atoms with Crippen LogP contribution in [0.15, 0.2) is 41.9 Å². The maximum absolute atomic E-state index is 10.4. The Balaban J connectivity index is 1.60. The second kappa shape index (κ2) is 7.55. The van der Waals surface area contributed by atoms with Gasteiger partial charge in [-0.3, -0.25) is 0 Å². The summed E-state index contributed by atoms with van der Waals surface area (Å²) in [7, 11) is 0. The van der Waals surface area contributed by atoms with Crippen molar-refractivity contribution in [1.82, 2.24) is 19.5 Å². The molecule has 2 aromatic heterocycles. The fourth-order valence-electron chi connectivity index (χ4n) is 3.69. The summed E-state index contributed by atoms with van der Waals surface area (Å²) in [4.78, 5) is 13.2. The Morgan fingerprint density at radius 2 is 2.04 bits per heavy atom. The molecule has 142 valence electrons. The second-order valence-electron chi connectivity index (χ2n) is 7.01. The number of aliphatic hydroxyl groups excluding tert-OH is 3. The number of aryl methyl sites for hydroxylation is 1. The minimum Gasteiger partial charge on any atom is -0.396 e. The molecule has 0 aliphatic heterocycles. The number of fused-ring (bicyclic) bond motifs is 1. The third-order valence-electron chi connectivity index (χ3n) is 5.15. The third-order valence-corrected chi connectivity index (χ3v) is 6.20. The lowest BCUT2D eigenvalue weighted by Gasteiger charge is -2.18. The molecule has 1 aromatic carbocycles. The van der Waals surface area contributed by atoms with Gasteiger partial charge in [-0.15, -0.1) is 0 Å². The number of hydrogen-bond donors (Lipinski definition) is 3. The Labute approximate surface area is 161 Å². The van der Waals surface area contributed by atoms with Crippen LogP contribution in [0.1, 0.15) is 23.6 Å². The first-order chi connectivity index (χ1) is 13.1. The molecule has 0 saturated heterocycles. The monoisotopic (exact) mass is 386 g/mol. The molecule has 1 fully saturated rings. The number of hydrogen-bond acceptors (Lipinski definition) is 7. The quantitative estimate of drug-likeness (QED) is 0.453. The molecule has 7 nitrogen and oxygen atoms in total. The Kier molecular flexibility index (Phi) is 5.14. The minimum atomic E-state index is -0.960. The van der Waals surface area contributed by atoms with E-state index in [4.69, 9.17) is 0 Å². The minimum absolute atomic E-state index is 0.159. The zero-order chi connectivity index (χ0) is 19.0. The van der Waals surface area contributed by atoms with E-state index in [9.17, 15) is 15.3 Å². The summed E-state index contributed by atoms with van der Waals surface area (Å²) in [6.07, 6.45) is 1.70. The molecule has 0 bridgehead atoms. The summed E-state index contributed by atoms with van der Waals surface area (Å²) in [6, 6.07) is 7.98. The SMILES string of the molecule is Cc1cccc(CSc2ncnc3c2ncn3[C@@H]2C[C@H](CO)[C@@H](O)[C@H]2O)c1. The highest BCUT2D eigenvalue weighted by molar-refractivity contribution is 7.98. The van der Waals surface area contributed by atoms with Crippen LogP contribution in [-0.2, 0) is 5.75 Å². The van der Waals surface area contributed by atoms with Crippen molar-refractivity contribution in [3.05, 3.63) is 48.0 Å². The molecule has 1 saturated carbocycles. The maximum Gasteiger partial charge on any atom is 0.164 e. The standard InChI is InChI=1S/C19H22N4O3S/c1-11-3-2-4-12(5-11)8-27-19-15-18(20-9-21-19)23(10-22-15)14-6-13(7-24)16(25)17(14)26/h2-5,9-10,13-14,16-17,24-26H,6-8H2,1H3/t13-,14-,16-,17+/m1/s1. The highest BCUT2D eigenvalue weighted by atomic mass is 32.2. The van der Waals surface area contributed by atoms with Crippen molar-refractivity contribution in [2.75, 3.05) is 6.61 Å². The van der Waals surface area contributed by atoms with E-state index in [-0.39, 0.29) is 18.6 Å². The number of benzene rings is 1. The van der Waals surface area contributed by atoms with Crippen LogP contribution in [0.4, 0.5) is 0 Å². The molecule has 0 spiro atoms. The van der Waals surface area contributed by atoms with E-state index in [2.05, 4.69) is 40.1 Å². The molecule has 4 rings (SSSR count). The second-order valence-corrected chi connectivity index (χ2v) is 7.97. The predicted octanol–water partition coefficient (Wildman–Crippen LogP) is 1.70. The Morgan fingerprint density at radius 3 is 2.78 bits per heavy atom. The highest BCUT2D eigenvalue weighted by Crippen LogP contribution is 2.37. The summed E-state index contributed by atoms with van der Waals surface area (Å²) < 4.78 is 1.79. The number of thioether (sulfide) groups is 1. The van der Waals surface area contributed by atoms with Gasteiger partial charge in [0.1, 0.15) is 23.0 Å². The lowest BCUT2D eigenvalue weighted by molar-refractivity contribution is -0.00370. The van der Waals surface area contributed by atoms with Gasteiger partial charge in [-0.1, -0.05) is 41.6 Å². The van der Waals surface area contributed by atoms with Gasteiger partial charge in [0.25, 0.3) is 0 Å². The summed E-state index contributed by atoms with van der Waals surface area (Å²) in [5.74, 6) is 0.428. The molecule has 3 aromatic rings. The van der Waals surface area contributed by atoms with E-state index in [0.717, 1.165) is 10.8 Å². The predicted molar refractivity (Wildman–Crippen MR) is 102 cm³/mol. The van der Waals surface area contributed by atoms with Crippen LogP contribution in [-0.4, -0.2) is 53.7 Å². The summed E-state index contributed by atoms with van der Waals surface area (Å²) in [6.45, 7) is 1.91. The van der Waals surface area contributed by atoms with Gasteiger partial charge in [0.05, 0.1) is 18.5 Å². The Bertz CT molecular complexity index is 948. The fourth-order valence-corrected chi connectivity index (χ4v) is 4.57. The summed E-state index contributed by atoms with van der Waals surface area (Å²) in [5.41, 5.74) is 3.75. The van der Waals surface area contributed by atoms with E-state index >= 15 is 0 Å². The Morgan fingerprint density at radius 1 is 1.19 bits per heavy atom. The topological polar surface area (TPSA) is 104 Å². The van der Waals surface area contributed by atoms with Crippen molar-refractivity contribution in [1.29, 1.82) is 0 Å². The molecule has 0 radical (unpaired) electrons. The zero-order valence-electron chi connectivity index (χ0n) is 14.9. The summed E-state index contributed by atoms with van der Waals surface area (Å²) in [5, 5.41) is 30.7. The van der Waals surface area contributed by atoms with Crippen LogP contribution in [0, 0.1) is 12.8 Å². The average molecular weight is 386 g/mol. The van der Waals surface area contributed by atoms with E-state index in [1.165, 1.54) is 17.5 Å². The first-order valence-electron chi connectivity index (χ1n) is 8.91. The third kappa shape index (κ3) is 3.45. The molecular weight excluding hydrogens is 364 g/mol. The van der Waals surface area contributed by atoms with E-state index in [1.54, 1.807) is 22.7 Å². The van der Waals surface area contributed by atoms with Crippen LogP contribution >= 0.6 is 11.8 Å². The Hall–Kier alpha value is -2.00.